The number of rotatable bonds is 4. The van der Waals surface area contributed by atoms with Gasteiger partial charge in [0.05, 0.1) is 24.5 Å². The first-order chi connectivity index (χ1) is 16.7. The summed E-state index contributed by atoms with van der Waals surface area (Å²) in [6.07, 6.45) is 10.7. The Kier molecular flexibility index (Phi) is 7.42. The molecular weight excluding hydrogens is 498 g/mol. The van der Waals surface area contributed by atoms with E-state index in [0.29, 0.717) is 41.3 Å². The van der Waals surface area contributed by atoms with E-state index in [1.54, 1.807) is 24.4 Å². The molecule has 4 rings (SSSR count). The molecule has 35 heavy (non-hydrogen) atoms. The number of carbonyl (C=O) groups excluding carboxylic acids is 1. The van der Waals surface area contributed by atoms with Gasteiger partial charge in [0.2, 0.25) is 5.96 Å². The van der Waals surface area contributed by atoms with Crippen LogP contribution in [0.3, 0.4) is 0 Å². The zero-order chi connectivity index (χ0) is 25.3. The smallest absolute Gasteiger partial charge is 0.357 e. The van der Waals surface area contributed by atoms with Gasteiger partial charge in [-0.2, -0.15) is 4.99 Å². The second kappa shape index (κ2) is 10.3. The lowest BCUT2D eigenvalue weighted by molar-refractivity contribution is 0.215. The summed E-state index contributed by atoms with van der Waals surface area (Å²) in [5.41, 5.74) is 4.68. The molecule has 1 aromatic rings. The second-order valence-electron chi connectivity index (χ2n) is 8.22. The van der Waals surface area contributed by atoms with Crippen molar-refractivity contribution in [1.82, 2.24) is 20.4 Å². The Labute approximate surface area is 215 Å². The molecule has 180 valence electrons. The topological polar surface area (TPSA) is 83.8 Å². The summed E-state index contributed by atoms with van der Waals surface area (Å²) in [7, 11) is 5.53. The van der Waals surface area contributed by atoms with Crippen LogP contribution in [0.4, 0.5) is 4.79 Å². The van der Waals surface area contributed by atoms with Gasteiger partial charge in [-0.25, -0.2) is 9.69 Å². The molecule has 10 heteroatoms. The van der Waals surface area contributed by atoms with E-state index >= 15 is 0 Å². The average Bonchev–Trinajstić information content (AvgIpc) is 2.81. The number of aryl methyl sites for hydroxylation is 1. The van der Waals surface area contributed by atoms with Gasteiger partial charge < -0.3 is 16.0 Å². The Bertz CT molecular complexity index is 1320. The van der Waals surface area contributed by atoms with Gasteiger partial charge in [0, 0.05) is 16.9 Å². The molecule has 2 aliphatic heterocycles. The van der Waals surface area contributed by atoms with Gasteiger partial charge in [0.25, 0.3) is 0 Å². The fourth-order valence-corrected chi connectivity index (χ4v) is 4.83. The van der Waals surface area contributed by atoms with Gasteiger partial charge in [0.1, 0.15) is 5.82 Å². The highest BCUT2D eigenvalue weighted by atomic mass is 35.5. The van der Waals surface area contributed by atoms with E-state index in [-0.39, 0.29) is 0 Å². The normalized spacial score (nSPS) is 19.3. The van der Waals surface area contributed by atoms with E-state index in [0.717, 1.165) is 33.0 Å². The molecule has 0 aromatic heterocycles. The van der Waals surface area contributed by atoms with Crippen molar-refractivity contribution in [3.05, 3.63) is 94.2 Å². The van der Waals surface area contributed by atoms with Crippen LogP contribution in [0.1, 0.15) is 18.1 Å². The van der Waals surface area contributed by atoms with Crippen LogP contribution >= 0.6 is 30.1 Å². The third-order valence-electron chi connectivity index (χ3n) is 5.78. The number of nitrogens with one attached hydrogen (secondary N) is 3. The molecular formula is C25H27ClN6OP2. The number of aliphatic imine (C=N–C) groups is 1. The van der Waals surface area contributed by atoms with Gasteiger partial charge in [-0.15, -0.1) is 18.5 Å². The van der Waals surface area contributed by atoms with Crippen LogP contribution in [-0.4, -0.2) is 34.0 Å². The van der Waals surface area contributed by atoms with Crippen molar-refractivity contribution in [2.75, 3.05) is 6.54 Å². The van der Waals surface area contributed by atoms with Crippen LogP contribution in [-0.2, 0) is 6.54 Å². The van der Waals surface area contributed by atoms with Crippen molar-refractivity contribution in [2.45, 2.75) is 20.4 Å². The van der Waals surface area contributed by atoms with Crippen LogP contribution in [0.25, 0.3) is 0 Å². The van der Waals surface area contributed by atoms with Gasteiger partial charge in [0.15, 0.2) is 0 Å². The predicted octanol–water partition coefficient (Wildman–Crippen LogP) is 3.64. The fraction of sp³-hybridized carbons (Fsp3) is 0.160. The third kappa shape index (κ3) is 5.33. The Hall–Kier alpha value is -2.98. The maximum Gasteiger partial charge on any atom is 0.357 e. The number of nitrogens with zero attached hydrogens (tertiary/aromatic N) is 3. The minimum absolute atomic E-state index is 0.354. The third-order valence-corrected chi connectivity index (χ3v) is 7.18. The summed E-state index contributed by atoms with van der Waals surface area (Å²) in [4.78, 5) is 20.9. The van der Waals surface area contributed by atoms with E-state index in [1.807, 2.05) is 24.0 Å². The minimum atomic E-state index is -0.480. The maximum atomic E-state index is 13.2. The highest BCUT2D eigenvalue weighted by Gasteiger charge is 2.33. The molecule has 2 unspecified atom stereocenters. The van der Waals surface area contributed by atoms with E-state index < -0.39 is 6.03 Å². The van der Waals surface area contributed by atoms with Crippen LogP contribution < -0.4 is 21.2 Å². The molecule has 3 N–H and O–H groups in total. The molecule has 1 aromatic carbocycles. The standard InChI is InChI=1S/C25H27ClN6OP2/c1-4-16-8-19(5-6-21(16)27)29-24-30-25(33)32(20-9-18(26)11-28-12-20)15(3)31(24)13-17-7-14(2)22(34)10-23(17)35/h4-10,12,27-28H,3,11,13,34-35H2,1-2H3,(H,29,30,33)/b16-4-,27-21?. The number of benzene rings is 1. The van der Waals surface area contributed by atoms with Crippen molar-refractivity contribution in [1.29, 1.82) is 5.41 Å². The number of urea groups is 1. The number of guanidine groups is 1. The van der Waals surface area contributed by atoms with Crippen LogP contribution in [0.2, 0.25) is 0 Å². The van der Waals surface area contributed by atoms with Gasteiger partial charge >= 0.3 is 6.03 Å². The van der Waals surface area contributed by atoms with Gasteiger partial charge in [-0.3, -0.25) is 4.90 Å². The number of hydrogen-bond donors (Lipinski definition) is 3. The molecule has 2 amide bonds. The second-order valence-corrected chi connectivity index (χ2v) is 9.95. The van der Waals surface area contributed by atoms with E-state index in [1.165, 1.54) is 4.90 Å². The molecule has 2 atom stereocenters. The molecule has 0 radical (unpaired) electrons. The fourth-order valence-electron chi connectivity index (χ4n) is 3.83. The maximum absolute atomic E-state index is 13.2. The van der Waals surface area contributed by atoms with Crippen LogP contribution in [0, 0.1) is 12.3 Å². The molecule has 1 aliphatic carbocycles. The van der Waals surface area contributed by atoms with Crippen molar-refractivity contribution < 1.29 is 4.79 Å². The molecule has 0 saturated carbocycles. The molecule has 2 heterocycles. The van der Waals surface area contributed by atoms with Gasteiger partial charge in [-0.05, 0) is 71.5 Å². The first-order valence-electron chi connectivity index (χ1n) is 10.9. The summed E-state index contributed by atoms with van der Waals surface area (Å²) in [5, 5.41) is 17.1. The monoisotopic (exact) mass is 524 g/mol. The number of hydrogen-bond acceptors (Lipinski definition) is 5. The number of dihydropyridines is 1. The lowest BCUT2D eigenvalue weighted by atomic mass is 10.0. The minimum Gasteiger partial charge on any atom is -0.384 e. The lowest BCUT2D eigenvalue weighted by Crippen LogP contribution is -2.50. The number of allylic oxidation sites excluding steroid dienone is 6. The van der Waals surface area contributed by atoms with Gasteiger partial charge in [-0.1, -0.05) is 30.3 Å². The summed E-state index contributed by atoms with van der Waals surface area (Å²) in [5.74, 6) is 0.798. The highest BCUT2D eigenvalue weighted by molar-refractivity contribution is 7.29. The molecule has 0 spiro atoms. The number of halogens is 1. The van der Waals surface area contributed by atoms with E-state index in [4.69, 9.17) is 17.0 Å². The molecule has 0 bridgehead atoms. The summed E-state index contributed by atoms with van der Waals surface area (Å²) in [6.45, 7) is 9.12. The Morgan fingerprint density at radius 3 is 2.77 bits per heavy atom. The average molecular weight is 525 g/mol. The quantitative estimate of drug-likeness (QED) is 0.525. The predicted molar refractivity (Wildman–Crippen MR) is 151 cm³/mol. The SMILES string of the molecule is C=C1N(Cc2cc(C)c(P)cc2P)C(NC2=C/C(=C/C)C(=N)C=C2)=NC(=O)N1C1=CNCC(Cl)=C1. The number of amides is 2. The van der Waals surface area contributed by atoms with E-state index in [2.05, 4.69) is 59.7 Å². The molecule has 3 aliphatic rings. The Morgan fingerprint density at radius 1 is 1.29 bits per heavy atom. The first-order valence-corrected chi connectivity index (χ1v) is 12.5. The molecule has 0 fully saturated rings. The van der Waals surface area contributed by atoms with Crippen molar-refractivity contribution in [2.24, 2.45) is 4.99 Å². The summed E-state index contributed by atoms with van der Waals surface area (Å²) in [6, 6.07) is 3.73. The molecule has 7 nitrogen and oxygen atoms in total. The Balaban J connectivity index is 1.74. The van der Waals surface area contributed by atoms with Crippen molar-refractivity contribution in [3.63, 3.8) is 0 Å². The van der Waals surface area contributed by atoms with E-state index in [9.17, 15) is 4.79 Å². The largest absolute Gasteiger partial charge is 0.384 e. The summed E-state index contributed by atoms with van der Waals surface area (Å²) >= 11 is 6.23. The van der Waals surface area contributed by atoms with Crippen molar-refractivity contribution >= 4 is 58.4 Å². The Morgan fingerprint density at radius 2 is 2.06 bits per heavy atom. The van der Waals surface area contributed by atoms with Crippen molar-refractivity contribution in [3.8, 4) is 0 Å². The molecule has 0 saturated heterocycles. The number of carbonyl (C=O) groups is 1. The van der Waals surface area contributed by atoms with Crippen LogP contribution in [0.5, 0.6) is 0 Å². The van der Waals surface area contributed by atoms with Crippen LogP contribution in [0.15, 0.2) is 88.1 Å². The zero-order valence-corrected chi connectivity index (χ0v) is 22.6. The summed E-state index contributed by atoms with van der Waals surface area (Å²) < 4.78 is 0. The lowest BCUT2D eigenvalue weighted by Gasteiger charge is -2.38. The first kappa shape index (κ1) is 25.1. The highest BCUT2D eigenvalue weighted by Crippen LogP contribution is 2.27. The zero-order valence-electron chi connectivity index (χ0n) is 19.5.